The van der Waals surface area contributed by atoms with Crippen LogP contribution in [-0.4, -0.2) is 30.3 Å². The summed E-state index contributed by atoms with van der Waals surface area (Å²) in [6.45, 7) is 2.04. The Hall–Kier alpha value is -0.890. The van der Waals surface area contributed by atoms with Crippen LogP contribution in [0.4, 0.5) is 0 Å². The molecule has 2 aliphatic rings. The molecule has 0 saturated carbocycles. The standard InChI is InChI=1S/C12H17NO/c14-10-12-7-4-8-13(12)9-11-5-2-1-3-6-11/h2,5-6,10,12H,1,3-4,7-9H2. The quantitative estimate of drug-likeness (QED) is 0.635. The smallest absolute Gasteiger partial charge is 0.137 e. The van der Waals surface area contributed by atoms with E-state index in [4.69, 9.17) is 0 Å². The summed E-state index contributed by atoms with van der Waals surface area (Å²) in [5.74, 6) is 0. The Labute approximate surface area is 85.3 Å². The molecule has 0 amide bonds. The maximum atomic E-state index is 10.8. The number of aldehydes is 1. The predicted octanol–water partition coefficient (Wildman–Crippen LogP) is 1.93. The van der Waals surface area contributed by atoms with Crippen LogP contribution in [0, 0.1) is 0 Å². The molecular formula is C12H17NO. The van der Waals surface area contributed by atoms with Gasteiger partial charge in [0.1, 0.15) is 6.29 Å². The minimum atomic E-state index is 0.172. The van der Waals surface area contributed by atoms with Crippen molar-refractivity contribution in [3.63, 3.8) is 0 Å². The van der Waals surface area contributed by atoms with E-state index in [0.717, 1.165) is 32.2 Å². The lowest BCUT2D eigenvalue weighted by Gasteiger charge is -2.21. The van der Waals surface area contributed by atoms with Crippen LogP contribution in [0.2, 0.25) is 0 Å². The third-order valence-corrected chi connectivity index (χ3v) is 3.03. The van der Waals surface area contributed by atoms with E-state index in [1.807, 2.05) is 0 Å². The van der Waals surface area contributed by atoms with E-state index >= 15 is 0 Å². The zero-order chi connectivity index (χ0) is 9.80. The topological polar surface area (TPSA) is 20.3 Å². The maximum absolute atomic E-state index is 10.8. The molecule has 14 heavy (non-hydrogen) atoms. The summed E-state index contributed by atoms with van der Waals surface area (Å²) in [6, 6.07) is 0.172. The Morgan fingerprint density at radius 2 is 2.43 bits per heavy atom. The Balaban J connectivity index is 1.93. The van der Waals surface area contributed by atoms with Gasteiger partial charge in [-0.3, -0.25) is 4.90 Å². The van der Waals surface area contributed by atoms with E-state index in [1.165, 1.54) is 18.4 Å². The van der Waals surface area contributed by atoms with Crippen LogP contribution in [-0.2, 0) is 4.79 Å². The average molecular weight is 191 g/mol. The molecule has 1 saturated heterocycles. The number of carbonyl (C=O) groups excluding carboxylic acids is 1. The van der Waals surface area contributed by atoms with Gasteiger partial charge in [-0.05, 0) is 37.8 Å². The molecule has 2 heteroatoms. The molecule has 1 atom stereocenters. The molecular weight excluding hydrogens is 174 g/mol. The van der Waals surface area contributed by atoms with Crippen molar-refractivity contribution < 1.29 is 4.79 Å². The van der Waals surface area contributed by atoms with Gasteiger partial charge in [0.05, 0.1) is 6.04 Å². The number of likely N-dealkylation sites (tertiary alicyclic amines) is 1. The Kier molecular flexibility index (Phi) is 3.14. The molecule has 0 N–H and O–H groups in total. The van der Waals surface area contributed by atoms with Crippen molar-refractivity contribution in [3.05, 3.63) is 23.8 Å². The van der Waals surface area contributed by atoms with Crippen molar-refractivity contribution in [1.82, 2.24) is 4.90 Å². The van der Waals surface area contributed by atoms with Gasteiger partial charge in [-0.2, -0.15) is 0 Å². The summed E-state index contributed by atoms with van der Waals surface area (Å²) in [7, 11) is 0. The molecule has 0 bridgehead atoms. The highest BCUT2D eigenvalue weighted by Gasteiger charge is 2.23. The molecule has 0 aromatic carbocycles. The van der Waals surface area contributed by atoms with Gasteiger partial charge < -0.3 is 4.79 Å². The van der Waals surface area contributed by atoms with Gasteiger partial charge in [-0.15, -0.1) is 0 Å². The van der Waals surface area contributed by atoms with Crippen molar-refractivity contribution in [2.24, 2.45) is 0 Å². The summed E-state index contributed by atoms with van der Waals surface area (Å²) in [4.78, 5) is 13.1. The summed E-state index contributed by atoms with van der Waals surface area (Å²) in [5.41, 5.74) is 1.38. The van der Waals surface area contributed by atoms with Gasteiger partial charge in [0, 0.05) is 6.54 Å². The molecule has 1 fully saturated rings. The third-order valence-electron chi connectivity index (χ3n) is 3.03. The van der Waals surface area contributed by atoms with Gasteiger partial charge in [0.25, 0.3) is 0 Å². The van der Waals surface area contributed by atoms with Crippen LogP contribution in [0.5, 0.6) is 0 Å². The fraction of sp³-hybridized carbons (Fsp3) is 0.583. The molecule has 1 aliphatic carbocycles. The molecule has 0 aromatic heterocycles. The van der Waals surface area contributed by atoms with Gasteiger partial charge in [-0.25, -0.2) is 0 Å². The first-order valence-corrected chi connectivity index (χ1v) is 5.45. The average Bonchev–Trinajstić information content (AvgIpc) is 2.67. The summed E-state index contributed by atoms with van der Waals surface area (Å²) in [5, 5.41) is 0. The van der Waals surface area contributed by atoms with Crippen LogP contribution in [0.1, 0.15) is 25.7 Å². The van der Waals surface area contributed by atoms with Crippen LogP contribution in [0.3, 0.4) is 0 Å². The highest BCUT2D eigenvalue weighted by atomic mass is 16.1. The summed E-state index contributed by atoms with van der Waals surface area (Å²) in [6.07, 6.45) is 12.3. The number of allylic oxidation sites excluding steroid dienone is 2. The molecule has 0 radical (unpaired) electrons. The van der Waals surface area contributed by atoms with Crippen molar-refractivity contribution in [2.45, 2.75) is 31.7 Å². The Morgan fingerprint density at radius 3 is 3.14 bits per heavy atom. The monoisotopic (exact) mass is 191 g/mol. The van der Waals surface area contributed by atoms with E-state index in [2.05, 4.69) is 23.1 Å². The highest BCUT2D eigenvalue weighted by molar-refractivity contribution is 5.58. The first kappa shape index (κ1) is 9.66. The second-order valence-electron chi connectivity index (χ2n) is 4.07. The van der Waals surface area contributed by atoms with Crippen molar-refractivity contribution in [1.29, 1.82) is 0 Å². The van der Waals surface area contributed by atoms with Crippen LogP contribution in [0.15, 0.2) is 23.8 Å². The molecule has 0 spiro atoms. The summed E-state index contributed by atoms with van der Waals surface area (Å²) < 4.78 is 0. The van der Waals surface area contributed by atoms with E-state index in [-0.39, 0.29) is 6.04 Å². The fourth-order valence-electron chi connectivity index (χ4n) is 2.22. The predicted molar refractivity (Wildman–Crippen MR) is 57.1 cm³/mol. The second-order valence-corrected chi connectivity index (χ2v) is 4.07. The van der Waals surface area contributed by atoms with Gasteiger partial charge >= 0.3 is 0 Å². The SMILES string of the molecule is O=CC1CCCN1CC1=CCCC=C1. The lowest BCUT2D eigenvalue weighted by molar-refractivity contribution is -0.111. The molecule has 0 aromatic rings. The second kappa shape index (κ2) is 4.56. The fourth-order valence-corrected chi connectivity index (χ4v) is 2.22. The molecule has 1 heterocycles. The first-order valence-electron chi connectivity index (χ1n) is 5.45. The van der Waals surface area contributed by atoms with E-state index in [9.17, 15) is 4.79 Å². The maximum Gasteiger partial charge on any atom is 0.137 e. The highest BCUT2D eigenvalue weighted by Crippen LogP contribution is 2.19. The van der Waals surface area contributed by atoms with Crippen LogP contribution < -0.4 is 0 Å². The Morgan fingerprint density at radius 1 is 1.50 bits per heavy atom. The number of nitrogens with zero attached hydrogens (tertiary/aromatic N) is 1. The third kappa shape index (κ3) is 2.13. The number of carbonyl (C=O) groups is 1. The zero-order valence-electron chi connectivity index (χ0n) is 8.48. The zero-order valence-corrected chi connectivity index (χ0v) is 8.48. The summed E-state index contributed by atoms with van der Waals surface area (Å²) >= 11 is 0. The van der Waals surface area contributed by atoms with Crippen LogP contribution in [0.25, 0.3) is 0 Å². The number of rotatable bonds is 3. The molecule has 1 unspecified atom stereocenters. The normalized spacial score (nSPS) is 27.7. The van der Waals surface area contributed by atoms with Crippen LogP contribution >= 0.6 is 0 Å². The van der Waals surface area contributed by atoms with Gasteiger partial charge in [-0.1, -0.05) is 18.2 Å². The first-order chi connectivity index (χ1) is 6.90. The van der Waals surface area contributed by atoms with E-state index in [1.54, 1.807) is 0 Å². The van der Waals surface area contributed by atoms with E-state index < -0.39 is 0 Å². The number of hydrogen-bond donors (Lipinski definition) is 0. The molecule has 2 nitrogen and oxygen atoms in total. The van der Waals surface area contributed by atoms with Gasteiger partial charge in [0.2, 0.25) is 0 Å². The van der Waals surface area contributed by atoms with Gasteiger partial charge in [0.15, 0.2) is 0 Å². The minimum Gasteiger partial charge on any atom is -0.302 e. The Bertz CT molecular complexity index is 267. The largest absolute Gasteiger partial charge is 0.302 e. The van der Waals surface area contributed by atoms with E-state index in [0.29, 0.717) is 0 Å². The number of hydrogen-bond acceptors (Lipinski definition) is 2. The molecule has 76 valence electrons. The van der Waals surface area contributed by atoms with Crippen molar-refractivity contribution in [2.75, 3.05) is 13.1 Å². The lowest BCUT2D eigenvalue weighted by atomic mass is 10.1. The minimum absolute atomic E-state index is 0.172. The van der Waals surface area contributed by atoms with Crippen molar-refractivity contribution in [3.8, 4) is 0 Å². The van der Waals surface area contributed by atoms with Crippen molar-refractivity contribution >= 4 is 6.29 Å². The lowest BCUT2D eigenvalue weighted by Crippen LogP contribution is -2.32. The molecule has 2 rings (SSSR count). The molecule has 1 aliphatic heterocycles.